The van der Waals surface area contributed by atoms with Crippen molar-refractivity contribution in [2.75, 3.05) is 30.3 Å². The summed E-state index contributed by atoms with van der Waals surface area (Å²) in [7, 11) is 0. The van der Waals surface area contributed by atoms with Crippen LogP contribution in [0, 0.1) is 17.3 Å². The molecule has 1 aliphatic carbocycles. The van der Waals surface area contributed by atoms with Gasteiger partial charge in [0.2, 0.25) is 11.7 Å². The Balaban J connectivity index is 1.33. The van der Waals surface area contributed by atoms with Crippen LogP contribution in [0.15, 0.2) is 24.3 Å². The van der Waals surface area contributed by atoms with Crippen molar-refractivity contribution in [2.24, 2.45) is 17.3 Å². The van der Waals surface area contributed by atoms with Gasteiger partial charge in [0.25, 0.3) is 17.6 Å². The molecule has 4 amide bonds. The number of thiazole rings is 1. The van der Waals surface area contributed by atoms with Gasteiger partial charge in [-0.05, 0) is 91.8 Å². The highest BCUT2D eigenvalue weighted by atomic mass is 32.1. The van der Waals surface area contributed by atoms with Crippen molar-refractivity contribution in [3.05, 3.63) is 40.4 Å². The van der Waals surface area contributed by atoms with Gasteiger partial charge >= 0.3 is 12.1 Å². The van der Waals surface area contributed by atoms with E-state index in [9.17, 15) is 28.8 Å². The number of fused-ring (bicyclic) bond motifs is 1. The summed E-state index contributed by atoms with van der Waals surface area (Å²) in [6, 6.07) is 7.11. The molecular formula is C39H54N6O9S. The third kappa shape index (κ3) is 8.80. The number of nitrogens with one attached hydrogen (secondary N) is 4. The molecule has 2 aliphatic heterocycles. The van der Waals surface area contributed by atoms with Crippen LogP contribution in [-0.4, -0.2) is 87.7 Å². The molecule has 0 bridgehead atoms. The lowest BCUT2D eigenvalue weighted by Crippen LogP contribution is -2.75. The Labute approximate surface area is 326 Å². The second-order valence-electron chi connectivity index (χ2n) is 16.9. The highest BCUT2D eigenvalue weighted by Crippen LogP contribution is 2.68. The average Bonchev–Trinajstić information content (AvgIpc) is 3.32. The number of Topliss-reactive ketones (excluding diaryl/α,β-unsaturated/α-hetero) is 1. The lowest BCUT2D eigenvalue weighted by atomic mass is 9.97. The zero-order valence-electron chi connectivity index (χ0n) is 33.4. The first-order chi connectivity index (χ1) is 25.5. The summed E-state index contributed by atoms with van der Waals surface area (Å²) < 4.78 is 16.9. The number of carbonyl (C=O) groups is 6. The summed E-state index contributed by atoms with van der Waals surface area (Å²) >= 11 is 1.12. The van der Waals surface area contributed by atoms with Crippen molar-refractivity contribution in [3.63, 3.8) is 0 Å². The molecule has 3 unspecified atom stereocenters. The number of anilines is 2. The number of aryl methyl sites for hydroxylation is 2. The predicted octanol–water partition coefficient (Wildman–Crippen LogP) is 4.80. The monoisotopic (exact) mass is 782 g/mol. The minimum absolute atomic E-state index is 0.205. The number of piperidine rings is 2. The van der Waals surface area contributed by atoms with Crippen LogP contribution < -0.4 is 21.3 Å². The van der Waals surface area contributed by atoms with E-state index in [1.807, 2.05) is 32.9 Å². The summed E-state index contributed by atoms with van der Waals surface area (Å²) in [4.78, 5) is 86.0. The number of alkyl carbamates (subject to hydrolysis) is 1. The van der Waals surface area contributed by atoms with E-state index in [1.54, 1.807) is 58.6 Å². The van der Waals surface area contributed by atoms with Crippen LogP contribution in [0.4, 0.5) is 15.6 Å². The Morgan fingerprint density at radius 1 is 0.982 bits per heavy atom. The topological polar surface area (TPSA) is 194 Å². The van der Waals surface area contributed by atoms with Crippen molar-refractivity contribution in [1.82, 2.24) is 20.5 Å². The first-order valence-electron chi connectivity index (χ1n) is 18.7. The van der Waals surface area contributed by atoms with Crippen molar-refractivity contribution in [2.45, 2.75) is 118 Å². The highest BCUT2D eigenvalue weighted by molar-refractivity contribution is 7.17. The van der Waals surface area contributed by atoms with Gasteiger partial charge in [-0.2, -0.15) is 0 Å². The minimum Gasteiger partial charge on any atom is -0.466 e. The van der Waals surface area contributed by atoms with Crippen LogP contribution in [-0.2, 0) is 46.2 Å². The lowest BCUT2D eigenvalue weighted by molar-refractivity contribution is -0.164. The number of aromatic nitrogens is 1. The maximum atomic E-state index is 14.4. The van der Waals surface area contributed by atoms with Crippen molar-refractivity contribution in [1.29, 1.82) is 0 Å². The quantitative estimate of drug-likeness (QED) is 0.181. The van der Waals surface area contributed by atoms with Crippen molar-refractivity contribution >= 4 is 57.7 Å². The van der Waals surface area contributed by atoms with Gasteiger partial charge in [0.1, 0.15) is 10.5 Å². The Hall–Kier alpha value is -4.57. The number of ether oxygens (including phenoxy) is 3. The third-order valence-electron chi connectivity index (χ3n) is 9.94. The van der Waals surface area contributed by atoms with Crippen LogP contribution >= 0.6 is 11.3 Å². The molecule has 0 radical (unpaired) electrons. The summed E-state index contributed by atoms with van der Waals surface area (Å²) in [6.45, 7) is 18.4. The number of rotatable bonds is 11. The molecule has 2 aromatic rings. The van der Waals surface area contributed by atoms with Gasteiger partial charge < -0.3 is 35.1 Å². The Morgan fingerprint density at radius 3 is 2.18 bits per heavy atom. The fourth-order valence-corrected chi connectivity index (χ4v) is 8.47. The molecule has 4 N–H and O–H groups in total. The molecule has 2 saturated heterocycles. The summed E-state index contributed by atoms with van der Waals surface area (Å²) in [5.74, 6) is -4.91. The number of hydrogen-bond acceptors (Lipinski definition) is 12. The normalized spacial score (nSPS) is 23.6. The smallest absolute Gasteiger partial charge is 0.411 e. The van der Waals surface area contributed by atoms with E-state index in [0.29, 0.717) is 66.8 Å². The molecule has 15 nitrogen and oxygen atoms in total. The Kier molecular flexibility index (Phi) is 11.5. The fraction of sp³-hybridized carbons (Fsp3) is 0.615. The molecule has 1 aromatic carbocycles. The van der Waals surface area contributed by atoms with E-state index in [1.165, 1.54) is 6.92 Å². The number of nitrogens with zero attached hydrogens (tertiary/aromatic N) is 2. The Bertz CT molecular complexity index is 1840. The van der Waals surface area contributed by atoms with Gasteiger partial charge in [-0.15, -0.1) is 0 Å². The van der Waals surface area contributed by atoms with E-state index < -0.39 is 51.7 Å². The highest BCUT2D eigenvalue weighted by Gasteiger charge is 2.85. The molecule has 1 saturated carbocycles. The molecule has 3 atom stereocenters. The second kappa shape index (κ2) is 15.2. The van der Waals surface area contributed by atoms with Crippen molar-refractivity contribution < 1.29 is 43.0 Å². The maximum Gasteiger partial charge on any atom is 0.411 e. The molecule has 3 heterocycles. The number of likely N-dealkylation sites (tertiary alicyclic amines) is 1. The zero-order valence-corrected chi connectivity index (χ0v) is 34.2. The number of ketones is 1. The van der Waals surface area contributed by atoms with Crippen LogP contribution in [0.3, 0.4) is 0 Å². The second-order valence-corrected chi connectivity index (χ2v) is 17.9. The van der Waals surface area contributed by atoms with E-state index in [0.717, 1.165) is 16.9 Å². The molecule has 55 heavy (non-hydrogen) atoms. The van der Waals surface area contributed by atoms with E-state index >= 15 is 0 Å². The SMILES string of the molecule is CCOC(=O)C1CCN(C(=O)c2sc(NC(C)=O)nc2CCc2ccc(NC3(NC(=O)OC(C)(C)C)NC(=O)C4(OC(C)(C)C)C(C3=O)C4(C)C)cc2)CC1. The third-order valence-corrected chi connectivity index (χ3v) is 10.9. The van der Waals surface area contributed by atoms with E-state index in [2.05, 4.69) is 26.3 Å². The van der Waals surface area contributed by atoms with Crippen LogP contribution in [0.1, 0.15) is 103 Å². The summed E-state index contributed by atoms with van der Waals surface area (Å²) in [5, 5.41) is 11.5. The number of hydrogen-bond donors (Lipinski definition) is 4. The number of benzene rings is 1. The van der Waals surface area contributed by atoms with Crippen LogP contribution in [0.2, 0.25) is 0 Å². The molecule has 1 aromatic heterocycles. The standard InChI is InChI=1S/C39H54N6O9S/c1-11-52-31(49)24-18-20-45(21-19-24)30(48)27-26(41-33(55-27)40-22(2)46)17-14-23-12-15-25(16-13-23)42-39(44-34(51)53-35(3,4)5)29(47)28-37(9,10)38(28,32(50)43-39)54-36(6,7)8/h12-13,15-16,24,28,42H,11,14,17-21H2,1-10H3,(H,43,50)(H,44,51)(H,40,41,46). The maximum absolute atomic E-state index is 14.4. The number of amides is 4. The molecule has 3 fully saturated rings. The molecular weight excluding hydrogens is 729 g/mol. The van der Waals surface area contributed by atoms with Gasteiger partial charge in [-0.1, -0.05) is 37.3 Å². The number of esters is 1. The largest absolute Gasteiger partial charge is 0.466 e. The zero-order chi connectivity index (χ0) is 40.7. The molecule has 0 spiro atoms. The van der Waals surface area contributed by atoms with Crippen LogP contribution in [0.25, 0.3) is 0 Å². The molecule has 3 aliphatic rings. The lowest BCUT2D eigenvalue weighted by Gasteiger charge is -2.41. The average molecular weight is 783 g/mol. The van der Waals surface area contributed by atoms with E-state index in [4.69, 9.17) is 14.2 Å². The molecule has 16 heteroatoms. The fourth-order valence-electron chi connectivity index (χ4n) is 7.44. The summed E-state index contributed by atoms with van der Waals surface area (Å²) in [5.41, 5.74) is -2.04. The van der Waals surface area contributed by atoms with Gasteiger partial charge in [-0.25, -0.2) is 9.78 Å². The van der Waals surface area contributed by atoms with Gasteiger partial charge in [-0.3, -0.25) is 29.3 Å². The van der Waals surface area contributed by atoms with Crippen LogP contribution in [0.5, 0.6) is 0 Å². The molecule has 5 rings (SSSR count). The summed E-state index contributed by atoms with van der Waals surface area (Å²) in [6.07, 6.45) is 0.976. The predicted molar refractivity (Wildman–Crippen MR) is 205 cm³/mol. The first-order valence-corrected chi connectivity index (χ1v) is 19.5. The van der Waals surface area contributed by atoms with E-state index in [-0.39, 0.29) is 23.7 Å². The van der Waals surface area contributed by atoms with Gasteiger partial charge in [0.05, 0.1) is 29.7 Å². The van der Waals surface area contributed by atoms with Crippen molar-refractivity contribution in [3.8, 4) is 0 Å². The van der Waals surface area contributed by atoms with Gasteiger partial charge in [0.15, 0.2) is 10.7 Å². The Morgan fingerprint density at radius 2 is 1.62 bits per heavy atom. The first kappa shape index (κ1) is 41.6. The molecule has 300 valence electrons. The van der Waals surface area contributed by atoms with Gasteiger partial charge in [0, 0.05) is 31.1 Å². The number of carbonyl (C=O) groups excluding carboxylic acids is 6. The minimum atomic E-state index is -2.04.